The van der Waals surface area contributed by atoms with Crippen molar-refractivity contribution in [1.82, 2.24) is 0 Å². The minimum Gasteiger partial charge on any atom is -0.479 e. The van der Waals surface area contributed by atoms with Crippen LogP contribution in [0.2, 0.25) is 0 Å². The lowest BCUT2D eigenvalue weighted by atomic mass is 9.95. The van der Waals surface area contributed by atoms with E-state index in [1.54, 1.807) is 0 Å². The molecule has 0 aromatic heterocycles. The van der Waals surface area contributed by atoms with E-state index < -0.39 is 142 Å². The van der Waals surface area contributed by atoms with E-state index >= 15 is 0 Å². The molecule has 4 rings (SSSR count). The highest BCUT2D eigenvalue weighted by Crippen LogP contribution is 2.34. The quantitative estimate of drug-likeness (QED) is 0.109. The smallest absolute Gasteiger partial charge is 0.335 e. The number of rotatable bonds is 9. The van der Waals surface area contributed by atoms with Crippen molar-refractivity contribution >= 4 is 5.97 Å². The highest BCUT2D eigenvalue weighted by atomic mass is 16.8. The Morgan fingerprint density at radius 1 is 0.511 bits per heavy atom. The van der Waals surface area contributed by atoms with Crippen molar-refractivity contribution < 1.29 is 99.2 Å². The number of carboxylic acid groups (broad SMARTS) is 1. The molecule has 1 unspecified atom stereocenters. The number of hydrogen-bond acceptors (Lipinski definition) is 19. The molecule has 4 saturated heterocycles. The Labute approximate surface area is 255 Å². The van der Waals surface area contributed by atoms with Gasteiger partial charge in [-0.15, -0.1) is 0 Å². The molecule has 20 nitrogen and oxygen atoms in total. The molecule has 0 aliphatic carbocycles. The third-order valence-corrected chi connectivity index (χ3v) is 8.39. The summed E-state index contributed by atoms with van der Waals surface area (Å²) in [7, 11) is 0. The average molecular weight is 663 g/mol. The van der Waals surface area contributed by atoms with Crippen molar-refractivity contribution in [2.75, 3.05) is 13.2 Å². The topological polar surface area (TPSA) is 324 Å². The van der Waals surface area contributed by atoms with Gasteiger partial charge in [0, 0.05) is 0 Å². The summed E-state index contributed by atoms with van der Waals surface area (Å²) in [5.41, 5.74) is 0. The molecule has 20 atom stereocenters. The molecule has 262 valence electrons. The van der Waals surface area contributed by atoms with Crippen LogP contribution in [-0.2, 0) is 38.0 Å². The van der Waals surface area contributed by atoms with Gasteiger partial charge in [0.15, 0.2) is 25.0 Å². The van der Waals surface area contributed by atoms with Crippen LogP contribution in [0.4, 0.5) is 0 Å². The molecule has 45 heavy (non-hydrogen) atoms. The maximum absolute atomic E-state index is 12.1. The van der Waals surface area contributed by atoms with E-state index in [9.17, 15) is 66.1 Å². The Morgan fingerprint density at radius 2 is 0.956 bits per heavy atom. The van der Waals surface area contributed by atoms with Crippen molar-refractivity contribution in [3.8, 4) is 0 Å². The fourth-order valence-corrected chi connectivity index (χ4v) is 5.71. The molecule has 0 bridgehead atoms. The maximum Gasteiger partial charge on any atom is 0.335 e. The van der Waals surface area contributed by atoms with Gasteiger partial charge in [-0.3, -0.25) is 0 Å². The first kappa shape index (κ1) is 36.6. The lowest BCUT2D eigenvalue weighted by Gasteiger charge is -2.48. The van der Waals surface area contributed by atoms with Crippen LogP contribution in [0.3, 0.4) is 0 Å². The van der Waals surface area contributed by atoms with Gasteiger partial charge < -0.3 is 94.4 Å². The standard InChI is InChI=1S/C25H42O20/c1-5-9(28)12(31)18(6(2)39-5)42-24-16(35)13(32)19(8(4-27)41-24)43-25-17(36)14(33)20(21(45-25)22(37)38)44-23-15(34)11(30)10(29)7(3-26)40-23/h5-21,23-36H,3-4H2,1-2H3,(H,37,38)/t5?,6-,7+,8+,9-,10+,11-,12-,13+,14+,15+,16+,17+,18-,19+,20-,21-,23-,24-,25+/m0/s1. The average Bonchev–Trinajstić information content (AvgIpc) is 3.00. The summed E-state index contributed by atoms with van der Waals surface area (Å²) < 4.78 is 38.0. The molecule has 0 aromatic rings. The SMILES string of the molecule is CC1O[C@@H](C)[C@H](O[C@@H]2O[C@H](CO)[C@@H](O[C@@H]3O[C@H](C(=O)O)[C@@H](O[C@@H]4O[C@H](CO)[C@@H](O)[C@H](O)[C@H]4O)[C@H](O)[C@H]3O)[C@H](O)[C@H]2O)[C@@H](O)[C@H]1O. The molecule has 0 radical (unpaired) electrons. The second kappa shape index (κ2) is 14.9. The maximum atomic E-state index is 12.1. The van der Waals surface area contributed by atoms with E-state index in [0.717, 1.165) is 0 Å². The number of aliphatic carboxylic acids is 1. The number of carbonyl (C=O) groups is 1. The van der Waals surface area contributed by atoms with Gasteiger partial charge in [0.25, 0.3) is 0 Å². The predicted octanol–water partition coefficient (Wildman–Crippen LogP) is -7.56. The second-order valence-electron chi connectivity index (χ2n) is 11.5. The van der Waals surface area contributed by atoms with E-state index in [-0.39, 0.29) is 0 Å². The van der Waals surface area contributed by atoms with Gasteiger partial charge in [-0.05, 0) is 13.8 Å². The van der Waals surface area contributed by atoms with Crippen molar-refractivity contribution in [1.29, 1.82) is 0 Å². The van der Waals surface area contributed by atoms with Crippen LogP contribution < -0.4 is 0 Å². The number of hydrogen-bond donors (Lipinski definition) is 12. The summed E-state index contributed by atoms with van der Waals surface area (Å²) >= 11 is 0. The van der Waals surface area contributed by atoms with Crippen LogP contribution in [0.1, 0.15) is 13.8 Å². The summed E-state index contributed by atoms with van der Waals surface area (Å²) in [4.78, 5) is 12.1. The Hall–Kier alpha value is -1.25. The van der Waals surface area contributed by atoms with Crippen LogP contribution in [0.25, 0.3) is 0 Å². The Balaban J connectivity index is 1.46. The fourth-order valence-electron chi connectivity index (χ4n) is 5.71. The number of aliphatic hydroxyl groups excluding tert-OH is 11. The summed E-state index contributed by atoms with van der Waals surface area (Å²) in [6.07, 6.45) is -33.9. The van der Waals surface area contributed by atoms with Crippen molar-refractivity contribution in [2.45, 2.75) is 136 Å². The van der Waals surface area contributed by atoms with Gasteiger partial charge in [0.05, 0.1) is 25.4 Å². The summed E-state index contributed by atoms with van der Waals surface area (Å²) in [5, 5.41) is 123. The molecule has 0 saturated carbocycles. The minimum atomic E-state index is -2.16. The first-order chi connectivity index (χ1) is 21.1. The van der Waals surface area contributed by atoms with Crippen LogP contribution >= 0.6 is 0 Å². The Kier molecular flexibility index (Phi) is 12.1. The van der Waals surface area contributed by atoms with Crippen molar-refractivity contribution in [2.24, 2.45) is 0 Å². The Bertz CT molecular complexity index is 971. The molecule has 4 heterocycles. The van der Waals surface area contributed by atoms with Crippen LogP contribution in [0.15, 0.2) is 0 Å². The van der Waals surface area contributed by atoms with Crippen LogP contribution in [-0.4, -0.2) is 203 Å². The molecule has 4 fully saturated rings. The largest absolute Gasteiger partial charge is 0.479 e. The molecule has 4 aliphatic heterocycles. The first-order valence-electron chi connectivity index (χ1n) is 14.3. The molecule has 0 aromatic carbocycles. The predicted molar refractivity (Wildman–Crippen MR) is 136 cm³/mol. The minimum absolute atomic E-state index is 0.741. The molecule has 12 N–H and O–H groups in total. The van der Waals surface area contributed by atoms with E-state index in [1.165, 1.54) is 13.8 Å². The van der Waals surface area contributed by atoms with E-state index in [0.29, 0.717) is 0 Å². The van der Waals surface area contributed by atoms with E-state index in [2.05, 4.69) is 0 Å². The lowest BCUT2D eigenvalue weighted by molar-refractivity contribution is -0.380. The lowest BCUT2D eigenvalue weighted by Crippen LogP contribution is -2.67. The third kappa shape index (κ3) is 7.28. The highest BCUT2D eigenvalue weighted by molar-refractivity contribution is 5.73. The zero-order valence-electron chi connectivity index (χ0n) is 24.1. The number of aliphatic hydroxyl groups is 11. The van der Waals surface area contributed by atoms with Gasteiger partial charge in [-0.25, -0.2) is 4.79 Å². The van der Waals surface area contributed by atoms with Crippen LogP contribution in [0, 0.1) is 0 Å². The first-order valence-corrected chi connectivity index (χ1v) is 14.3. The highest BCUT2D eigenvalue weighted by Gasteiger charge is 2.56. The third-order valence-electron chi connectivity index (χ3n) is 8.39. The summed E-state index contributed by atoms with van der Waals surface area (Å²) in [6.45, 7) is 1.33. The second-order valence-corrected chi connectivity index (χ2v) is 11.5. The molecular formula is C25H42O20. The normalized spacial score (nSPS) is 52.8. The van der Waals surface area contributed by atoms with E-state index in [1.807, 2.05) is 0 Å². The molecule has 4 aliphatic rings. The van der Waals surface area contributed by atoms with E-state index in [4.69, 9.17) is 33.2 Å². The molecule has 0 spiro atoms. The van der Waals surface area contributed by atoms with Crippen molar-refractivity contribution in [3.63, 3.8) is 0 Å². The van der Waals surface area contributed by atoms with Gasteiger partial charge in [-0.2, -0.15) is 0 Å². The van der Waals surface area contributed by atoms with Gasteiger partial charge >= 0.3 is 5.97 Å². The molecule has 0 amide bonds. The van der Waals surface area contributed by atoms with Crippen molar-refractivity contribution in [3.05, 3.63) is 0 Å². The monoisotopic (exact) mass is 662 g/mol. The van der Waals surface area contributed by atoms with Gasteiger partial charge in [-0.1, -0.05) is 0 Å². The zero-order valence-corrected chi connectivity index (χ0v) is 24.1. The number of carboxylic acids is 1. The van der Waals surface area contributed by atoms with Crippen LogP contribution in [0.5, 0.6) is 0 Å². The Morgan fingerprint density at radius 3 is 1.51 bits per heavy atom. The van der Waals surface area contributed by atoms with Gasteiger partial charge in [0.2, 0.25) is 0 Å². The zero-order chi connectivity index (χ0) is 33.5. The summed E-state index contributed by atoms with van der Waals surface area (Å²) in [6, 6.07) is 0. The summed E-state index contributed by atoms with van der Waals surface area (Å²) in [5.74, 6) is -1.77. The molecule has 20 heteroatoms. The fraction of sp³-hybridized carbons (Fsp3) is 0.960. The number of ether oxygens (including phenoxy) is 7. The molecular weight excluding hydrogens is 620 g/mol. The van der Waals surface area contributed by atoms with Gasteiger partial charge in [0.1, 0.15) is 85.5 Å².